The highest BCUT2D eigenvalue weighted by atomic mass is 19.1. The molecule has 4 aromatic heterocycles. The molecule has 0 saturated carbocycles. The van der Waals surface area contributed by atoms with Crippen LogP contribution in [0.1, 0.15) is 25.4 Å². The minimum Gasteiger partial charge on any atom is -0.252 e. The van der Waals surface area contributed by atoms with Crippen LogP contribution < -0.4 is 0 Å². The van der Waals surface area contributed by atoms with E-state index in [9.17, 15) is 8.78 Å². The Morgan fingerprint density at radius 1 is 0.857 bits per heavy atom. The van der Waals surface area contributed by atoms with E-state index in [2.05, 4.69) is 25.0 Å². The molecule has 0 aromatic carbocycles. The van der Waals surface area contributed by atoms with Gasteiger partial charge < -0.3 is 0 Å². The Balaban J connectivity index is 1.73. The molecular weight excluding hydrogens is 362 g/mol. The number of halogens is 2. The fourth-order valence-corrected chi connectivity index (χ4v) is 2.84. The lowest BCUT2D eigenvalue weighted by atomic mass is 9.87. The number of aromatic nitrogens is 6. The first-order chi connectivity index (χ1) is 13.5. The lowest BCUT2D eigenvalue weighted by Crippen LogP contribution is -2.23. The summed E-state index contributed by atoms with van der Waals surface area (Å²) in [5, 5.41) is 4.41. The summed E-state index contributed by atoms with van der Waals surface area (Å²) in [6, 6.07) is 11.8. The van der Waals surface area contributed by atoms with Crippen molar-refractivity contribution in [3.8, 4) is 16.9 Å². The van der Waals surface area contributed by atoms with E-state index < -0.39 is 17.3 Å². The minimum absolute atomic E-state index is 0.205. The van der Waals surface area contributed by atoms with Crippen LogP contribution in [0, 0.1) is 11.9 Å². The maximum atomic E-state index is 14.0. The summed E-state index contributed by atoms with van der Waals surface area (Å²) in [5.41, 5.74) is 0.942. The van der Waals surface area contributed by atoms with Crippen LogP contribution in [0.5, 0.6) is 0 Å². The topological polar surface area (TPSA) is 69.4 Å². The molecule has 0 aliphatic carbocycles. The SMILES string of the molecule is CC(C)(c1cccc(-c2cccnc2F)n1)c1ncn(-c2cccnc2F)n1. The van der Waals surface area contributed by atoms with Crippen molar-refractivity contribution in [2.24, 2.45) is 0 Å². The third-order valence-corrected chi connectivity index (χ3v) is 4.46. The van der Waals surface area contributed by atoms with Crippen LogP contribution in [-0.4, -0.2) is 29.7 Å². The van der Waals surface area contributed by atoms with Gasteiger partial charge in [-0.25, -0.2) is 19.6 Å². The first-order valence-electron chi connectivity index (χ1n) is 8.58. The van der Waals surface area contributed by atoms with Crippen LogP contribution in [0.3, 0.4) is 0 Å². The fourth-order valence-electron chi connectivity index (χ4n) is 2.84. The van der Waals surface area contributed by atoms with E-state index in [1.807, 2.05) is 19.9 Å². The van der Waals surface area contributed by atoms with Crippen molar-refractivity contribution in [2.45, 2.75) is 19.3 Å². The molecule has 0 amide bonds. The zero-order chi connectivity index (χ0) is 19.7. The molecule has 0 fully saturated rings. The van der Waals surface area contributed by atoms with Gasteiger partial charge in [0.05, 0.1) is 22.4 Å². The summed E-state index contributed by atoms with van der Waals surface area (Å²) in [5.74, 6) is -0.768. The van der Waals surface area contributed by atoms with Crippen LogP contribution in [0.2, 0.25) is 0 Å². The minimum atomic E-state index is -0.696. The maximum absolute atomic E-state index is 14.0. The van der Waals surface area contributed by atoms with E-state index in [-0.39, 0.29) is 5.69 Å². The van der Waals surface area contributed by atoms with Gasteiger partial charge in [-0.05, 0) is 50.2 Å². The van der Waals surface area contributed by atoms with Gasteiger partial charge in [-0.1, -0.05) is 6.07 Å². The molecule has 6 nitrogen and oxygen atoms in total. The second-order valence-electron chi connectivity index (χ2n) is 6.70. The molecule has 0 radical (unpaired) electrons. The van der Waals surface area contributed by atoms with Gasteiger partial charge in [-0.3, -0.25) is 4.98 Å². The molecule has 140 valence electrons. The summed E-state index contributed by atoms with van der Waals surface area (Å²) < 4.78 is 29.3. The summed E-state index contributed by atoms with van der Waals surface area (Å²) >= 11 is 0. The number of pyridine rings is 3. The number of hydrogen-bond acceptors (Lipinski definition) is 5. The van der Waals surface area contributed by atoms with Crippen LogP contribution in [0.25, 0.3) is 16.9 Å². The Morgan fingerprint density at radius 2 is 1.61 bits per heavy atom. The van der Waals surface area contributed by atoms with Crippen molar-refractivity contribution < 1.29 is 8.78 Å². The summed E-state index contributed by atoms with van der Waals surface area (Å²) in [6.45, 7) is 3.80. The molecule has 0 aliphatic heterocycles. The zero-order valence-electron chi connectivity index (χ0n) is 15.2. The van der Waals surface area contributed by atoms with E-state index in [1.165, 1.54) is 23.4 Å². The maximum Gasteiger partial charge on any atom is 0.238 e. The molecule has 0 atom stereocenters. The molecule has 28 heavy (non-hydrogen) atoms. The van der Waals surface area contributed by atoms with Crippen molar-refractivity contribution in [1.29, 1.82) is 0 Å². The average Bonchev–Trinajstić information content (AvgIpc) is 3.20. The average molecular weight is 378 g/mol. The summed E-state index contributed by atoms with van der Waals surface area (Å²) in [7, 11) is 0. The normalized spacial score (nSPS) is 11.6. The summed E-state index contributed by atoms with van der Waals surface area (Å²) in [6.07, 6.45) is 4.19. The molecular formula is C20H16F2N6. The highest BCUT2D eigenvalue weighted by molar-refractivity contribution is 5.58. The van der Waals surface area contributed by atoms with Crippen LogP contribution in [0.15, 0.2) is 61.2 Å². The second-order valence-corrected chi connectivity index (χ2v) is 6.70. The van der Waals surface area contributed by atoms with Gasteiger partial charge in [-0.2, -0.15) is 13.9 Å². The Morgan fingerprint density at radius 3 is 2.36 bits per heavy atom. The van der Waals surface area contributed by atoms with Gasteiger partial charge >= 0.3 is 0 Å². The number of hydrogen-bond donors (Lipinski definition) is 0. The van der Waals surface area contributed by atoms with Crippen molar-refractivity contribution in [3.63, 3.8) is 0 Å². The van der Waals surface area contributed by atoms with Crippen molar-refractivity contribution in [3.05, 3.63) is 84.6 Å². The fraction of sp³-hybridized carbons (Fsp3) is 0.150. The molecule has 0 aliphatic rings. The first kappa shape index (κ1) is 17.8. The van der Waals surface area contributed by atoms with Crippen molar-refractivity contribution in [1.82, 2.24) is 29.7 Å². The van der Waals surface area contributed by atoms with E-state index in [0.29, 0.717) is 22.8 Å². The number of nitrogens with zero attached hydrogens (tertiary/aromatic N) is 6. The van der Waals surface area contributed by atoms with E-state index in [4.69, 9.17) is 0 Å². The predicted octanol–water partition coefficient (Wildman–Crippen LogP) is 3.72. The van der Waals surface area contributed by atoms with Gasteiger partial charge in [0.2, 0.25) is 11.9 Å². The molecule has 4 heterocycles. The Labute approximate surface area is 160 Å². The molecule has 0 bridgehead atoms. The lowest BCUT2D eigenvalue weighted by Gasteiger charge is -2.21. The standard InChI is InChI=1S/C20H16F2N6/c1-20(2,19-25-12-28(27-19)15-8-5-11-24-18(15)22)16-9-3-7-14(26-16)13-6-4-10-23-17(13)21/h3-12H,1-2H3. The Bertz CT molecular complexity index is 1140. The van der Waals surface area contributed by atoms with Crippen LogP contribution in [-0.2, 0) is 5.41 Å². The molecule has 4 aromatic rings. The molecule has 0 unspecified atom stereocenters. The van der Waals surface area contributed by atoms with E-state index in [0.717, 1.165) is 0 Å². The first-order valence-corrected chi connectivity index (χ1v) is 8.58. The van der Waals surface area contributed by atoms with Crippen LogP contribution >= 0.6 is 0 Å². The second kappa shape index (κ2) is 6.88. The van der Waals surface area contributed by atoms with Gasteiger partial charge in [0, 0.05) is 12.4 Å². The Hall–Kier alpha value is -3.55. The predicted molar refractivity (Wildman–Crippen MR) is 98.7 cm³/mol. The smallest absolute Gasteiger partial charge is 0.238 e. The molecule has 8 heteroatoms. The molecule has 0 N–H and O–H groups in total. The highest BCUT2D eigenvalue weighted by Crippen LogP contribution is 2.30. The monoisotopic (exact) mass is 378 g/mol. The largest absolute Gasteiger partial charge is 0.252 e. The van der Waals surface area contributed by atoms with E-state index in [1.54, 1.807) is 36.4 Å². The van der Waals surface area contributed by atoms with Gasteiger partial charge in [0.15, 0.2) is 5.82 Å². The Kier molecular flexibility index (Phi) is 4.38. The molecule has 0 spiro atoms. The third-order valence-electron chi connectivity index (χ3n) is 4.46. The van der Waals surface area contributed by atoms with Gasteiger partial charge in [-0.15, -0.1) is 0 Å². The zero-order valence-corrected chi connectivity index (χ0v) is 15.2. The van der Waals surface area contributed by atoms with E-state index >= 15 is 0 Å². The summed E-state index contributed by atoms with van der Waals surface area (Å²) in [4.78, 5) is 16.2. The van der Waals surface area contributed by atoms with Crippen molar-refractivity contribution >= 4 is 0 Å². The number of rotatable bonds is 4. The van der Waals surface area contributed by atoms with Gasteiger partial charge in [0.1, 0.15) is 12.0 Å². The molecule has 0 saturated heterocycles. The quantitative estimate of drug-likeness (QED) is 0.506. The molecule has 4 rings (SSSR count). The highest BCUT2D eigenvalue weighted by Gasteiger charge is 2.30. The van der Waals surface area contributed by atoms with Gasteiger partial charge in [0.25, 0.3) is 0 Å². The van der Waals surface area contributed by atoms with Crippen LogP contribution in [0.4, 0.5) is 8.78 Å². The third kappa shape index (κ3) is 3.13. The lowest BCUT2D eigenvalue weighted by molar-refractivity contribution is 0.553. The van der Waals surface area contributed by atoms with Crippen molar-refractivity contribution in [2.75, 3.05) is 0 Å².